The molecule has 2 aromatic heterocycles. The van der Waals surface area contributed by atoms with Crippen molar-refractivity contribution in [3.05, 3.63) is 81.7 Å². The van der Waals surface area contributed by atoms with Gasteiger partial charge in [-0.1, -0.05) is 42.0 Å². The van der Waals surface area contributed by atoms with E-state index >= 15 is 0 Å². The fraction of sp³-hybridized carbons (Fsp3) is 0.0500. The van der Waals surface area contributed by atoms with Crippen LogP contribution in [0.1, 0.15) is 11.3 Å². The van der Waals surface area contributed by atoms with Crippen molar-refractivity contribution >= 4 is 46.6 Å². The number of aliphatic imine (C=N–C) groups is 1. The molecule has 4 rings (SSSR count). The first kappa shape index (κ1) is 16.7. The molecular weight excluding hydrogens is 364 g/mol. The van der Waals surface area contributed by atoms with E-state index in [4.69, 9.17) is 23.8 Å². The number of aromatic amines is 1. The van der Waals surface area contributed by atoms with Gasteiger partial charge in [-0.2, -0.15) is 0 Å². The van der Waals surface area contributed by atoms with Gasteiger partial charge in [0.05, 0.1) is 27.5 Å². The molecule has 0 fully saturated rings. The Morgan fingerprint density at radius 1 is 1.12 bits per heavy atom. The van der Waals surface area contributed by atoms with Crippen LogP contribution in [0, 0.1) is 11.6 Å². The van der Waals surface area contributed by atoms with E-state index in [0.717, 1.165) is 33.5 Å². The quantitative estimate of drug-likeness (QED) is 0.362. The number of aryl methyl sites for hydroxylation is 1. The molecule has 0 aliphatic carbocycles. The monoisotopic (exact) mass is 378 g/mol. The molecule has 0 saturated carbocycles. The number of nitrogens with zero attached hydrogens (tertiary/aromatic N) is 3. The predicted octanol–water partition coefficient (Wildman–Crippen LogP) is 5.80. The van der Waals surface area contributed by atoms with Crippen molar-refractivity contribution in [3.8, 4) is 5.69 Å². The summed E-state index contributed by atoms with van der Waals surface area (Å²) in [6.07, 6.45) is 3.52. The van der Waals surface area contributed by atoms with Crippen LogP contribution in [0.4, 0.5) is 5.69 Å². The lowest BCUT2D eigenvalue weighted by Gasteiger charge is -2.02. The summed E-state index contributed by atoms with van der Waals surface area (Å²) in [6.45, 7) is 1.98. The third kappa shape index (κ3) is 2.96. The molecule has 0 unspecified atom stereocenters. The normalized spacial score (nSPS) is 11.5. The first-order valence-electron chi connectivity index (χ1n) is 8.09. The summed E-state index contributed by atoms with van der Waals surface area (Å²) in [5.41, 5.74) is 4.34. The summed E-state index contributed by atoms with van der Waals surface area (Å²) in [4.78, 5) is 9.04. The Bertz CT molecular complexity index is 1180. The van der Waals surface area contributed by atoms with Crippen molar-refractivity contribution in [3.63, 3.8) is 0 Å². The zero-order valence-corrected chi connectivity index (χ0v) is 15.6. The van der Waals surface area contributed by atoms with Gasteiger partial charge in [-0.15, -0.1) is 0 Å². The van der Waals surface area contributed by atoms with Crippen molar-refractivity contribution in [2.75, 3.05) is 0 Å². The van der Waals surface area contributed by atoms with E-state index in [1.807, 2.05) is 66.2 Å². The maximum absolute atomic E-state index is 6.25. The minimum Gasteiger partial charge on any atom is -0.297 e. The molecule has 128 valence electrons. The lowest BCUT2D eigenvalue weighted by atomic mass is 10.2. The highest BCUT2D eigenvalue weighted by Gasteiger charge is 2.08. The Balaban J connectivity index is 1.79. The number of nitrogens with one attached hydrogen (secondary N) is 1. The predicted molar refractivity (Wildman–Crippen MR) is 110 cm³/mol. The van der Waals surface area contributed by atoms with E-state index in [-0.39, 0.29) is 0 Å². The zero-order chi connectivity index (χ0) is 18.1. The van der Waals surface area contributed by atoms with Gasteiger partial charge in [-0.05, 0) is 43.3 Å². The number of fused-ring (bicyclic) bond motifs is 1. The van der Waals surface area contributed by atoms with Gasteiger partial charge in [-0.3, -0.25) is 15.1 Å². The van der Waals surface area contributed by atoms with E-state index in [9.17, 15) is 0 Å². The highest BCUT2D eigenvalue weighted by atomic mass is 35.5. The molecule has 2 heterocycles. The topological polar surface area (TPSA) is 46.0 Å². The number of H-pyrrole nitrogens is 1. The van der Waals surface area contributed by atoms with Crippen LogP contribution in [0.15, 0.2) is 65.8 Å². The fourth-order valence-corrected chi connectivity index (χ4v) is 3.40. The lowest BCUT2D eigenvalue weighted by molar-refractivity contribution is 0.853. The number of aromatic nitrogens is 3. The second-order valence-electron chi connectivity index (χ2n) is 5.85. The van der Waals surface area contributed by atoms with Crippen molar-refractivity contribution in [2.45, 2.75) is 6.92 Å². The van der Waals surface area contributed by atoms with Crippen molar-refractivity contribution in [1.29, 1.82) is 0 Å². The van der Waals surface area contributed by atoms with Gasteiger partial charge in [0.25, 0.3) is 0 Å². The number of halogens is 1. The average molecular weight is 379 g/mol. The Hall–Kier alpha value is -2.76. The molecule has 4 aromatic rings. The second-order valence-corrected chi connectivity index (χ2v) is 6.64. The Labute approximate surface area is 160 Å². The number of para-hydroxylation sites is 1. The standard InChI is InChI=1S/C20H15ClN4S/c1-13-16(20(26)25(24-13)14-6-3-2-4-7-14)12-23-18-10-9-17(21)15-8-5-11-22-19(15)18/h2-12,24H,1H3. The third-order valence-corrected chi connectivity index (χ3v) is 4.89. The molecule has 0 saturated heterocycles. The Morgan fingerprint density at radius 3 is 2.73 bits per heavy atom. The fourth-order valence-electron chi connectivity index (χ4n) is 2.83. The first-order chi connectivity index (χ1) is 12.6. The van der Waals surface area contributed by atoms with Crippen molar-refractivity contribution in [1.82, 2.24) is 14.8 Å². The van der Waals surface area contributed by atoms with Gasteiger partial charge in [0.1, 0.15) is 4.64 Å². The number of hydrogen-bond donors (Lipinski definition) is 1. The highest BCUT2D eigenvalue weighted by Crippen LogP contribution is 2.29. The van der Waals surface area contributed by atoms with E-state index in [0.29, 0.717) is 9.66 Å². The molecule has 0 amide bonds. The molecule has 0 spiro atoms. The third-order valence-electron chi connectivity index (χ3n) is 4.16. The van der Waals surface area contributed by atoms with Crippen LogP contribution < -0.4 is 0 Å². The molecule has 0 aliphatic heterocycles. The van der Waals surface area contributed by atoms with Crippen LogP contribution in [-0.2, 0) is 0 Å². The van der Waals surface area contributed by atoms with E-state index in [1.54, 1.807) is 12.4 Å². The van der Waals surface area contributed by atoms with Crippen LogP contribution in [-0.4, -0.2) is 21.0 Å². The van der Waals surface area contributed by atoms with Gasteiger partial charge >= 0.3 is 0 Å². The number of hydrogen-bond acceptors (Lipinski definition) is 3. The first-order valence-corrected chi connectivity index (χ1v) is 8.88. The van der Waals surface area contributed by atoms with Gasteiger partial charge in [0.15, 0.2) is 0 Å². The maximum atomic E-state index is 6.25. The van der Waals surface area contributed by atoms with Gasteiger partial charge < -0.3 is 0 Å². The maximum Gasteiger partial charge on any atom is 0.136 e. The lowest BCUT2D eigenvalue weighted by Crippen LogP contribution is -1.95. The summed E-state index contributed by atoms with van der Waals surface area (Å²) in [5.74, 6) is 0. The summed E-state index contributed by atoms with van der Waals surface area (Å²) < 4.78 is 2.56. The molecule has 0 aliphatic rings. The Kier molecular flexibility index (Phi) is 4.41. The van der Waals surface area contributed by atoms with Crippen LogP contribution >= 0.6 is 23.8 Å². The van der Waals surface area contributed by atoms with Crippen LogP contribution in [0.5, 0.6) is 0 Å². The summed E-state index contributed by atoms with van der Waals surface area (Å²) >= 11 is 11.9. The molecular formula is C20H15ClN4S. The van der Waals surface area contributed by atoms with Gasteiger partial charge in [0, 0.05) is 23.5 Å². The molecule has 4 nitrogen and oxygen atoms in total. The van der Waals surface area contributed by atoms with E-state index in [2.05, 4.69) is 15.1 Å². The SMILES string of the molecule is Cc1[nH]n(-c2ccccc2)c(=S)c1C=Nc1ccc(Cl)c2cccnc12. The molecule has 26 heavy (non-hydrogen) atoms. The van der Waals surface area contributed by atoms with E-state index < -0.39 is 0 Å². The van der Waals surface area contributed by atoms with Crippen LogP contribution in [0.25, 0.3) is 16.6 Å². The van der Waals surface area contributed by atoms with Gasteiger partial charge in [0.2, 0.25) is 0 Å². The number of pyridine rings is 1. The van der Waals surface area contributed by atoms with Crippen molar-refractivity contribution in [2.24, 2.45) is 4.99 Å². The second kappa shape index (κ2) is 6.86. The smallest absolute Gasteiger partial charge is 0.136 e. The highest BCUT2D eigenvalue weighted by molar-refractivity contribution is 7.71. The van der Waals surface area contributed by atoms with Crippen molar-refractivity contribution < 1.29 is 0 Å². The molecule has 2 aromatic carbocycles. The van der Waals surface area contributed by atoms with Crippen LogP contribution in [0.2, 0.25) is 5.02 Å². The number of rotatable bonds is 3. The average Bonchev–Trinajstić information content (AvgIpc) is 2.96. The molecule has 0 bridgehead atoms. The molecule has 6 heteroatoms. The number of benzene rings is 2. The summed E-state index contributed by atoms with van der Waals surface area (Å²) in [5, 5.41) is 4.84. The zero-order valence-electron chi connectivity index (χ0n) is 14.0. The molecule has 0 radical (unpaired) electrons. The molecule has 1 N–H and O–H groups in total. The Morgan fingerprint density at radius 2 is 1.92 bits per heavy atom. The van der Waals surface area contributed by atoms with Crippen LogP contribution in [0.3, 0.4) is 0 Å². The molecule has 0 atom stereocenters. The van der Waals surface area contributed by atoms with E-state index in [1.165, 1.54) is 0 Å². The minimum absolute atomic E-state index is 0.663. The minimum atomic E-state index is 0.663. The largest absolute Gasteiger partial charge is 0.297 e. The summed E-state index contributed by atoms with van der Waals surface area (Å²) in [6, 6.07) is 17.4. The van der Waals surface area contributed by atoms with Gasteiger partial charge in [-0.25, -0.2) is 4.68 Å². The summed E-state index contributed by atoms with van der Waals surface area (Å²) in [7, 11) is 0.